The van der Waals surface area contributed by atoms with Crippen molar-refractivity contribution in [2.24, 2.45) is 0 Å². The summed E-state index contributed by atoms with van der Waals surface area (Å²) in [6.07, 6.45) is 3.45. The van der Waals surface area contributed by atoms with E-state index in [0.29, 0.717) is 88.8 Å². The van der Waals surface area contributed by atoms with Gasteiger partial charge in [-0.05, 0) is 167 Å². The molecule has 4 aromatic carbocycles. The molecule has 4 fully saturated rings. The number of amides is 8. The van der Waals surface area contributed by atoms with E-state index in [9.17, 15) is 19.2 Å². The van der Waals surface area contributed by atoms with Crippen LogP contribution in [0.15, 0.2) is 134 Å². The van der Waals surface area contributed by atoms with Gasteiger partial charge in [-0.1, -0.05) is 155 Å². The Balaban J connectivity index is 0.000000163. The number of hydrogen-bond acceptors (Lipinski definition) is 16. The number of aryl methyl sites for hydroxylation is 4. The fourth-order valence-corrected chi connectivity index (χ4v) is 12.5. The maximum Gasteiger partial charge on any atom is 0.321 e. The maximum atomic E-state index is 12.6. The Morgan fingerprint density at radius 1 is 0.330 bits per heavy atom. The third kappa shape index (κ3) is 22.8. The molecule has 26 heteroatoms. The van der Waals surface area contributed by atoms with Crippen LogP contribution in [-0.2, 0) is 21.7 Å². The predicted molar refractivity (Wildman–Crippen MR) is 429 cm³/mol. The van der Waals surface area contributed by atoms with Gasteiger partial charge < -0.3 is 60.5 Å². The molecule has 0 atom stereocenters. The highest BCUT2D eigenvalue weighted by Gasteiger charge is 2.29. The lowest BCUT2D eigenvalue weighted by Crippen LogP contribution is -2.50. The molecule has 0 bridgehead atoms. The van der Waals surface area contributed by atoms with E-state index in [1.165, 1.54) is 22.3 Å². The molecule has 0 aliphatic carbocycles. The first-order valence-electron chi connectivity index (χ1n) is 36.4. The number of piperazine rings is 4. The van der Waals surface area contributed by atoms with Crippen LogP contribution in [0.2, 0.25) is 10.3 Å². The second kappa shape index (κ2) is 35.4. The van der Waals surface area contributed by atoms with Gasteiger partial charge in [-0.15, -0.1) is 30.6 Å². The first kappa shape index (κ1) is 80.2. The number of urea groups is 4. The van der Waals surface area contributed by atoms with Crippen molar-refractivity contribution < 1.29 is 19.2 Å². The minimum absolute atomic E-state index is 0.0518. The van der Waals surface area contributed by atoms with Crippen LogP contribution < -0.4 is 40.9 Å². The van der Waals surface area contributed by atoms with Gasteiger partial charge in [0.1, 0.15) is 0 Å². The lowest BCUT2D eigenvalue weighted by Gasteiger charge is -2.35. The fourth-order valence-electron chi connectivity index (χ4n) is 12.2. The standard InChI is InChI=1S/2C20H26ClN5O.2C20H27N5O/c1-14-13-17(23-24-18(14)21)25-9-11-26(12-10-25)19(27)22-16-7-5-15(6-8-16)20(2,3)4;1-14-13-17(21)23-24-18(14)25-9-11-26(12-10-25)19(27)22-16-7-5-15(6-8-16)20(2,3)4;1-15-13-18(23-21-14-15)24-9-11-25(12-10-24)19(26)22-17-7-5-16(6-8-17)20(2,3)4;1-15-9-10-21-23-18(15)24-11-13-25(14-12-24)19(26)22-17-7-5-16(6-8-17)20(2,3)4/h2*5-8,13H,9-12H2,1-4H3,(H,22,27);5-8,13-14H,9-12H2,1-4H3,(H,22,26);5-10H,11-14H2,1-4H3,(H,22,26). The van der Waals surface area contributed by atoms with E-state index < -0.39 is 0 Å². The Morgan fingerprint density at radius 2 is 0.651 bits per heavy atom. The molecule has 4 saturated heterocycles. The molecule has 0 spiro atoms. The van der Waals surface area contributed by atoms with Crippen molar-refractivity contribution in [1.29, 1.82) is 0 Å². The lowest BCUT2D eigenvalue weighted by molar-refractivity contribution is 0.207. The second-order valence-corrected chi connectivity index (χ2v) is 32.2. The molecular weight excluding hydrogens is 1380 g/mol. The Morgan fingerprint density at radius 3 is 0.953 bits per heavy atom. The van der Waals surface area contributed by atoms with Gasteiger partial charge in [0.15, 0.2) is 33.6 Å². The molecular formula is C80H106Cl2N20O4. The number of rotatable bonds is 8. The van der Waals surface area contributed by atoms with Crippen LogP contribution in [0.5, 0.6) is 0 Å². The molecule has 0 radical (unpaired) electrons. The fraction of sp³-hybridized carbons (Fsp3) is 0.450. The highest BCUT2D eigenvalue weighted by atomic mass is 35.5. The minimum Gasteiger partial charge on any atom is -0.352 e. The van der Waals surface area contributed by atoms with Crippen molar-refractivity contribution in [3.63, 3.8) is 0 Å². The molecule has 4 N–H and O–H groups in total. The number of carbonyl (C=O) groups excluding carboxylic acids is 4. The highest BCUT2D eigenvalue weighted by Crippen LogP contribution is 2.30. The van der Waals surface area contributed by atoms with Crippen LogP contribution in [0, 0.1) is 27.7 Å². The number of nitrogens with one attached hydrogen (secondary N) is 4. The number of benzene rings is 4. The topological polar surface area (TPSA) is 245 Å². The van der Waals surface area contributed by atoms with Crippen molar-refractivity contribution >= 4 is 93.3 Å². The zero-order valence-electron chi connectivity index (χ0n) is 64.6. The molecule has 564 valence electrons. The van der Waals surface area contributed by atoms with Gasteiger partial charge in [-0.3, -0.25) is 0 Å². The van der Waals surface area contributed by atoms with Crippen molar-refractivity contribution in [2.45, 2.75) is 132 Å². The summed E-state index contributed by atoms with van der Waals surface area (Å²) < 4.78 is 0. The van der Waals surface area contributed by atoms with Crippen LogP contribution in [-0.4, -0.2) is 189 Å². The number of halogens is 2. The summed E-state index contributed by atoms with van der Waals surface area (Å²) in [4.78, 5) is 66.1. The van der Waals surface area contributed by atoms with Gasteiger partial charge in [0.2, 0.25) is 0 Å². The van der Waals surface area contributed by atoms with Gasteiger partial charge >= 0.3 is 24.1 Å². The third-order valence-electron chi connectivity index (χ3n) is 19.0. The molecule has 0 saturated carbocycles. The third-order valence-corrected chi connectivity index (χ3v) is 19.6. The molecule has 0 unspecified atom stereocenters. The van der Waals surface area contributed by atoms with Gasteiger partial charge in [0, 0.05) is 127 Å². The predicted octanol–water partition coefficient (Wildman–Crippen LogP) is 15.1. The Bertz CT molecular complexity index is 4220. The Hall–Kier alpha value is -9.94. The molecule has 4 aliphatic heterocycles. The summed E-state index contributed by atoms with van der Waals surface area (Å²) in [6, 6.07) is 39.8. The lowest BCUT2D eigenvalue weighted by atomic mass is 9.87. The van der Waals surface area contributed by atoms with Gasteiger partial charge in [-0.25, -0.2) is 19.2 Å². The van der Waals surface area contributed by atoms with E-state index in [4.69, 9.17) is 23.2 Å². The average Bonchev–Trinajstić information content (AvgIpc) is 0.842. The highest BCUT2D eigenvalue weighted by molar-refractivity contribution is 6.30. The van der Waals surface area contributed by atoms with Crippen LogP contribution in [0.4, 0.5) is 65.2 Å². The summed E-state index contributed by atoms with van der Waals surface area (Å²) in [5, 5.41) is 45.4. The second-order valence-electron chi connectivity index (χ2n) is 31.4. The number of nitrogens with zero attached hydrogens (tertiary/aromatic N) is 16. The number of carbonyl (C=O) groups is 4. The SMILES string of the molecule is Cc1cc(Cl)nnc1N1CCN(C(=O)Nc2ccc(C(C)(C)C)cc2)CC1.Cc1cc(N2CCN(C(=O)Nc3ccc(C(C)(C)C)cc3)CC2)nnc1Cl.Cc1ccnnc1N1CCN(C(=O)Nc2ccc(C(C)(C)C)cc2)CC1.Cc1cnnc(N2CCN(C(=O)Nc3ccc(C(C)(C)C)cc3)CC2)c1. The number of hydrogen-bond donors (Lipinski definition) is 4. The minimum atomic E-state index is -0.0727. The quantitative estimate of drug-likeness (QED) is 0.110. The summed E-state index contributed by atoms with van der Waals surface area (Å²) in [7, 11) is 0. The largest absolute Gasteiger partial charge is 0.352 e. The maximum absolute atomic E-state index is 12.6. The molecule has 8 amide bonds. The number of anilines is 8. The van der Waals surface area contributed by atoms with Crippen molar-refractivity contribution in [2.75, 3.05) is 146 Å². The molecule has 8 aromatic rings. The van der Waals surface area contributed by atoms with Crippen LogP contribution >= 0.6 is 23.2 Å². The van der Waals surface area contributed by atoms with Crippen LogP contribution in [0.1, 0.15) is 128 Å². The Labute approximate surface area is 636 Å². The van der Waals surface area contributed by atoms with Gasteiger partial charge in [0.25, 0.3) is 0 Å². The zero-order valence-corrected chi connectivity index (χ0v) is 66.1. The van der Waals surface area contributed by atoms with Crippen molar-refractivity contribution in [3.05, 3.63) is 189 Å². The molecule has 8 heterocycles. The number of aromatic nitrogens is 8. The van der Waals surface area contributed by atoms with E-state index in [1.54, 1.807) is 12.4 Å². The monoisotopic (exact) mass is 1480 g/mol. The first-order valence-corrected chi connectivity index (χ1v) is 37.1. The van der Waals surface area contributed by atoms with E-state index in [-0.39, 0.29) is 45.8 Å². The molecule has 12 rings (SSSR count). The summed E-state index contributed by atoms with van der Waals surface area (Å²) in [6.45, 7) is 45.1. The van der Waals surface area contributed by atoms with Gasteiger partial charge in [0.05, 0.1) is 12.4 Å². The van der Waals surface area contributed by atoms with E-state index >= 15 is 0 Å². The first-order chi connectivity index (χ1) is 50.1. The summed E-state index contributed by atoms with van der Waals surface area (Å²) in [5.41, 5.74) is 12.8. The smallest absolute Gasteiger partial charge is 0.321 e. The zero-order chi connectivity index (χ0) is 76.7. The molecule has 4 aromatic heterocycles. The average molecular weight is 1480 g/mol. The van der Waals surface area contributed by atoms with E-state index in [2.05, 4.69) is 213 Å². The van der Waals surface area contributed by atoms with Crippen LogP contribution in [0.25, 0.3) is 0 Å². The normalized spacial score (nSPS) is 15.0. The van der Waals surface area contributed by atoms with Crippen molar-refractivity contribution in [3.8, 4) is 0 Å². The summed E-state index contributed by atoms with van der Waals surface area (Å²) in [5.74, 6) is 3.42. The Kier molecular flexibility index (Phi) is 26.8. The molecule has 106 heavy (non-hydrogen) atoms. The van der Waals surface area contributed by atoms with E-state index in [0.717, 1.165) is 94.5 Å². The van der Waals surface area contributed by atoms with Crippen molar-refractivity contribution in [1.82, 2.24) is 60.4 Å². The molecule has 4 aliphatic rings. The van der Waals surface area contributed by atoms with Crippen LogP contribution in [0.3, 0.4) is 0 Å². The molecule has 24 nitrogen and oxygen atoms in total. The van der Waals surface area contributed by atoms with E-state index in [1.807, 2.05) is 120 Å². The van der Waals surface area contributed by atoms with Gasteiger partial charge in [-0.2, -0.15) is 10.2 Å². The summed E-state index contributed by atoms with van der Waals surface area (Å²) >= 11 is 11.8.